The lowest BCUT2D eigenvalue weighted by molar-refractivity contribution is -0.251. The van der Waals surface area contributed by atoms with E-state index in [4.69, 9.17) is 4.74 Å². The van der Waals surface area contributed by atoms with Crippen molar-refractivity contribution < 1.29 is 24.5 Å². The quantitative estimate of drug-likeness (QED) is 0.0908. The molecule has 7 heteroatoms. The third kappa shape index (κ3) is 8.29. The second kappa shape index (κ2) is 16.0. The number of amides is 1. The van der Waals surface area contributed by atoms with Crippen molar-refractivity contribution in [3.8, 4) is 11.1 Å². The van der Waals surface area contributed by atoms with E-state index in [1.807, 2.05) is 54.6 Å². The molecular weight excluding hydrogens is 576 g/mol. The Morgan fingerprint density at radius 3 is 2.11 bits per heavy atom. The molecule has 0 radical (unpaired) electrons. The van der Waals surface area contributed by atoms with E-state index in [-0.39, 0.29) is 43.7 Å². The van der Waals surface area contributed by atoms with Crippen LogP contribution in [0, 0.1) is 5.92 Å². The number of aliphatic imine (C=N–C) groups is 1. The maximum atomic E-state index is 13.8. The van der Waals surface area contributed by atoms with E-state index in [0.717, 1.165) is 52.6 Å². The molecule has 2 N–H and O–H groups in total. The van der Waals surface area contributed by atoms with Gasteiger partial charge in [0, 0.05) is 37.0 Å². The summed E-state index contributed by atoms with van der Waals surface area (Å²) in [5.74, 6) is -1.22. The van der Waals surface area contributed by atoms with Crippen molar-refractivity contribution in [1.82, 2.24) is 0 Å². The summed E-state index contributed by atoms with van der Waals surface area (Å²) in [5.41, 5.74) is 6.66. The SMILES string of the molecule is CCCCC[C@H](CC(=O)[C@H](Cc1ccccc1)N=C([O-])OCC1c2ccccc2-c2ccccc21)C(=O)Nc1ccc(CO)cc1. The highest BCUT2D eigenvalue weighted by atomic mass is 16.6. The lowest BCUT2D eigenvalue weighted by Gasteiger charge is -2.23. The predicted octanol–water partition coefficient (Wildman–Crippen LogP) is 6.43. The molecule has 0 saturated carbocycles. The fraction of sp³-hybridized carbons (Fsp3) is 0.308. The molecule has 0 unspecified atom stereocenters. The molecule has 4 aromatic carbocycles. The highest BCUT2D eigenvalue weighted by molar-refractivity contribution is 5.97. The molecule has 1 aliphatic rings. The molecule has 0 saturated heterocycles. The Hall–Kier alpha value is -4.75. The molecule has 2 atom stereocenters. The van der Waals surface area contributed by atoms with Gasteiger partial charge in [0.05, 0.1) is 6.61 Å². The van der Waals surface area contributed by atoms with Gasteiger partial charge in [-0.25, -0.2) is 0 Å². The number of benzene rings is 4. The molecule has 7 nitrogen and oxygen atoms in total. The number of hydrogen-bond acceptors (Lipinski definition) is 6. The van der Waals surface area contributed by atoms with Crippen LogP contribution < -0.4 is 10.4 Å². The monoisotopic (exact) mass is 617 g/mol. The summed E-state index contributed by atoms with van der Waals surface area (Å²) in [5, 5.41) is 25.5. The largest absolute Gasteiger partial charge is 0.599 e. The highest BCUT2D eigenvalue weighted by Gasteiger charge is 2.28. The average molecular weight is 618 g/mol. The van der Waals surface area contributed by atoms with Crippen LogP contribution in [0.5, 0.6) is 0 Å². The zero-order valence-corrected chi connectivity index (χ0v) is 26.2. The number of aliphatic hydroxyl groups is 1. The van der Waals surface area contributed by atoms with Gasteiger partial charge in [-0.2, -0.15) is 0 Å². The highest BCUT2D eigenvalue weighted by Crippen LogP contribution is 2.44. The molecule has 1 amide bonds. The first-order chi connectivity index (χ1) is 22.5. The van der Waals surface area contributed by atoms with E-state index < -0.39 is 18.0 Å². The number of unbranched alkanes of at least 4 members (excludes halogenated alkanes) is 2. The van der Waals surface area contributed by atoms with Crippen molar-refractivity contribution in [1.29, 1.82) is 0 Å². The molecule has 0 bridgehead atoms. The van der Waals surface area contributed by atoms with E-state index in [9.17, 15) is 19.8 Å². The number of Topliss-reactive ketones (excluding diaryl/α,β-unsaturated/α-hetero) is 1. The maximum Gasteiger partial charge on any atom is 0.227 e. The number of rotatable bonds is 15. The topological polar surface area (TPSA) is 111 Å². The van der Waals surface area contributed by atoms with Crippen LogP contribution in [0.15, 0.2) is 108 Å². The molecule has 0 spiro atoms. The third-order valence-electron chi connectivity index (χ3n) is 8.62. The number of anilines is 1. The zero-order chi connectivity index (χ0) is 32.3. The minimum Gasteiger partial charge on any atom is -0.599 e. The van der Waals surface area contributed by atoms with Crippen LogP contribution in [-0.4, -0.2) is 35.5 Å². The van der Waals surface area contributed by atoms with Crippen LogP contribution in [-0.2, 0) is 27.4 Å². The summed E-state index contributed by atoms with van der Waals surface area (Å²) < 4.78 is 5.73. The van der Waals surface area contributed by atoms with E-state index in [1.165, 1.54) is 0 Å². The first-order valence-corrected chi connectivity index (χ1v) is 16.1. The van der Waals surface area contributed by atoms with Gasteiger partial charge in [0.1, 0.15) is 12.1 Å². The average Bonchev–Trinajstić information content (AvgIpc) is 3.41. The summed E-state index contributed by atoms with van der Waals surface area (Å²) >= 11 is 0. The van der Waals surface area contributed by atoms with Crippen LogP contribution in [0.2, 0.25) is 0 Å². The van der Waals surface area contributed by atoms with Crippen molar-refractivity contribution in [2.75, 3.05) is 11.9 Å². The van der Waals surface area contributed by atoms with Gasteiger partial charge in [-0.3, -0.25) is 14.6 Å². The summed E-state index contributed by atoms with van der Waals surface area (Å²) in [7, 11) is 0. The lowest BCUT2D eigenvalue weighted by atomic mass is 9.90. The van der Waals surface area contributed by atoms with Crippen LogP contribution in [0.1, 0.15) is 67.2 Å². The number of ketones is 1. The van der Waals surface area contributed by atoms with Crippen molar-refractivity contribution in [3.63, 3.8) is 0 Å². The number of fused-ring (bicyclic) bond motifs is 3. The van der Waals surface area contributed by atoms with E-state index in [1.54, 1.807) is 24.3 Å². The van der Waals surface area contributed by atoms with Gasteiger partial charge in [-0.05, 0) is 51.9 Å². The molecule has 5 rings (SSSR count). The van der Waals surface area contributed by atoms with Crippen LogP contribution in [0.25, 0.3) is 11.1 Å². The first kappa shape index (κ1) is 32.6. The minimum atomic E-state index is -0.983. The molecule has 4 aromatic rings. The van der Waals surface area contributed by atoms with Crippen LogP contribution >= 0.6 is 0 Å². The molecule has 46 heavy (non-hydrogen) atoms. The van der Waals surface area contributed by atoms with Gasteiger partial charge < -0.3 is 20.3 Å². The van der Waals surface area contributed by atoms with E-state index >= 15 is 0 Å². The molecule has 1 aliphatic carbocycles. The van der Waals surface area contributed by atoms with Crippen LogP contribution in [0.3, 0.4) is 0 Å². The van der Waals surface area contributed by atoms with Gasteiger partial charge in [0.25, 0.3) is 0 Å². The van der Waals surface area contributed by atoms with Crippen molar-refractivity contribution in [3.05, 3.63) is 125 Å². The van der Waals surface area contributed by atoms with E-state index in [0.29, 0.717) is 12.1 Å². The number of carbonyl (C=O) groups is 2. The Balaban J connectivity index is 1.32. The Morgan fingerprint density at radius 1 is 0.848 bits per heavy atom. The normalized spacial score (nSPS) is 13.8. The number of aliphatic hydroxyl groups excluding tert-OH is 1. The minimum absolute atomic E-state index is 0.0398. The Kier molecular flexibility index (Phi) is 11.4. The van der Waals surface area contributed by atoms with Gasteiger partial charge in [-0.15, -0.1) is 0 Å². The van der Waals surface area contributed by atoms with E-state index in [2.05, 4.69) is 41.5 Å². The standard InChI is InChI=1S/C39H42N2O5/c1-2-3-5-14-29(38(44)40-30-21-19-28(25-42)20-22-30)24-37(43)36(23-27-12-6-4-7-13-27)41-39(45)46-26-35-33-17-10-8-15-31(33)32-16-9-11-18-34(32)35/h4,6-13,15-22,29,35-36,42H,2-3,5,14,23-26H2,1H3,(H,40,44)(H,41,45)/p-1/t29-,36+/m1/s1. The van der Waals surface area contributed by atoms with Gasteiger partial charge in [0.15, 0.2) is 5.78 Å². The summed E-state index contributed by atoms with van der Waals surface area (Å²) in [4.78, 5) is 31.6. The summed E-state index contributed by atoms with van der Waals surface area (Å²) in [6, 6.07) is 31.7. The van der Waals surface area contributed by atoms with Gasteiger partial charge in [0.2, 0.25) is 5.91 Å². The van der Waals surface area contributed by atoms with Gasteiger partial charge >= 0.3 is 0 Å². The number of nitrogens with one attached hydrogen (secondary N) is 1. The number of ether oxygens (including phenoxy) is 1. The number of carbonyl (C=O) groups excluding carboxylic acids is 2. The summed E-state index contributed by atoms with van der Waals surface area (Å²) in [6.07, 6.45) is 2.69. The first-order valence-electron chi connectivity index (χ1n) is 16.1. The Morgan fingerprint density at radius 2 is 1.48 bits per heavy atom. The third-order valence-corrected chi connectivity index (χ3v) is 8.62. The molecule has 0 heterocycles. The Labute approximate surface area is 271 Å². The second-order valence-electron chi connectivity index (χ2n) is 11.8. The Bertz CT molecular complexity index is 1590. The molecule has 0 aromatic heterocycles. The maximum absolute atomic E-state index is 13.8. The molecule has 0 fully saturated rings. The molecular formula is C39H41N2O5-. The summed E-state index contributed by atoms with van der Waals surface area (Å²) in [6.45, 7) is 2.12. The predicted molar refractivity (Wildman–Crippen MR) is 179 cm³/mol. The molecule has 238 valence electrons. The smallest absolute Gasteiger partial charge is 0.227 e. The fourth-order valence-electron chi connectivity index (χ4n) is 6.11. The lowest BCUT2D eigenvalue weighted by Crippen LogP contribution is -2.33. The van der Waals surface area contributed by atoms with Crippen molar-refractivity contribution >= 4 is 23.5 Å². The number of hydrogen-bond donors (Lipinski definition) is 2. The fourth-order valence-corrected chi connectivity index (χ4v) is 6.11. The van der Waals surface area contributed by atoms with Crippen molar-refractivity contribution in [2.24, 2.45) is 10.9 Å². The zero-order valence-electron chi connectivity index (χ0n) is 26.2. The molecule has 0 aliphatic heterocycles. The van der Waals surface area contributed by atoms with Crippen molar-refractivity contribution in [2.45, 2.75) is 64.0 Å². The van der Waals surface area contributed by atoms with Gasteiger partial charge in [-0.1, -0.05) is 117 Å². The second-order valence-corrected chi connectivity index (χ2v) is 11.8. The van der Waals surface area contributed by atoms with Crippen LogP contribution in [0.4, 0.5) is 5.69 Å². The number of nitrogens with zero attached hydrogens (tertiary/aromatic N) is 1.